The predicted octanol–water partition coefficient (Wildman–Crippen LogP) is 1.68. The smallest absolute Gasteiger partial charge is 0.313 e. The Morgan fingerprint density at radius 3 is 2.18 bits per heavy atom. The number of Topliss-reactive ketones (excluding diaryl/α,β-unsaturated/α-hetero) is 1. The molecular weight excluding hydrogens is 218 g/mol. The first-order valence-electron chi connectivity index (χ1n) is 6.19. The Morgan fingerprint density at radius 1 is 1.24 bits per heavy atom. The fourth-order valence-electron chi connectivity index (χ4n) is 2.22. The monoisotopic (exact) mass is 241 g/mol. The second kappa shape index (κ2) is 5.17. The lowest BCUT2D eigenvalue weighted by atomic mass is 9.75. The van der Waals surface area contributed by atoms with Crippen molar-refractivity contribution in [2.45, 2.75) is 52.6 Å². The molecule has 0 spiro atoms. The van der Waals surface area contributed by atoms with Crippen LogP contribution in [0.1, 0.15) is 47.0 Å². The van der Waals surface area contributed by atoms with Crippen molar-refractivity contribution < 1.29 is 14.3 Å². The third-order valence-corrected chi connectivity index (χ3v) is 2.98. The van der Waals surface area contributed by atoms with Crippen molar-refractivity contribution >= 4 is 11.8 Å². The van der Waals surface area contributed by atoms with Gasteiger partial charge in [0.2, 0.25) is 0 Å². The molecule has 98 valence electrons. The van der Waals surface area contributed by atoms with Gasteiger partial charge in [-0.2, -0.15) is 0 Å². The maximum absolute atomic E-state index is 12.3. The zero-order chi connectivity index (χ0) is 13.1. The van der Waals surface area contributed by atoms with Crippen molar-refractivity contribution in [3.05, 3.63) is 0 Å². The molecule has 0 aliphatic carbocycles. The van der Waals surface area contributed by atoms with Gasteiger partial charge in [-0.1, -0.05) is 0 Å². The van der Waals surface area contributed by atoms with Crippen LogP contribution in [0.25, 0.3) is 0 Å². The van der Waals surface area contributed by atoms with E-state index in [0.29, 0.717) is 19.3 Å². The normalized spacial score (nSPS) is 19.8. The lowest BCUT2D eigenvalue weighted by Gasteiger charge is -2.36. The first kappa shape index (κ1) is 14.2. The summed E-state index contributed by atoms with van der Waals surface area (Å²) in [7, 11) is 0. The van der Waals surface area contributed by atoms with E-state index >= 15 is 0 Å². The van der Waals surface area contributed by atoms with E-state index in [1.165, 1.54) is 6.92 Å². The Morgan fingerprint density at radius 2 is 1.76 bits per heavy atom. The maximum Gasteiger partial charge on any atom is 0.313 e. The molecule has 1 heterocycles. The van der Waals surface area contributed by atoms with Gasteiger partial charge in [0.1, 0.15) is 11.4 Å². The van der Waals surface area contributed by atoms with Gasteiger partial charge in [0.25, 0.3) is 0 Å². The second-order valence-electron chi connectivity index (χ2n) is 5.91. The number of ether oxygens (including phenoxy) is 1. The van der Waals surface area contributed by atoms with E-state index in [-0.39, 0.29) is 11.8 Å². The first-order valence-corrected chi connectivity index (χ1v) is 6.19. The van der Waals surface area contributed by atoms with E-state index in [0.717, 1.165) is 13.1 Å². The standard InChI is InChI=1S/C13H23NO3/c1-10(15)9-13(5-7-14-8-6-13)11(16)17-12(2,3)4/h14H,5-9H2,1-4H3. The Bertz CT molecular complexity index is 298. The molecule has 1 aliphatic rings. The average molecular weight is 241 g/mol. The summed E-state index contributed by atoms with van der Waals surface area (Å²) in [5, 5.41) is 3.21. The van der Waals surface area contributed by atoms with Crippen LogP contribution in [-0.4, -0.2) is 30.4 Å². The molecule has 1 rings (SSSR count). The Kier molecular flexibility index (Phi) is 4.31. The highest BCUT2D eigenvalue weighted by molar-refractivity contribution is 5.86. The lowest BCUT2D eigenvalue weighted by Crippen LogP contribution is -2.46. The van der Waals surface area contributed by atoms with Gasteiger partial charge in [0.15, 0.2) is 0 Å². The number of carbonyl (C=O) groups is 2. The second-order valence-corrected chi connectivity index (χ2v) is 5.91. The summed E-state index contributed by atoms with van der Waals surface area (Å²) in [5.74, 6) is -0.167. The predicted molar refractivity (Wildman–Crippen MR) is 65.7 cm³/mol. The van der Waals surface area contributed by atoms with Gasteiger partial charge in [-0.25, -0.2) is 0 Å². The van der Waals surface area contributed by atoms with Crippen LogP contribution in [0.3, 0.4) is 0 Å². The third kappa shape index (κ3) is 4.11. The van der Waals surface area contributed by atoms with Crippen LogP contribution < -0.4 is 5.32 Å². The van der Waals surface area contributed by atoms with E-state index in [4.69, 9.17) is 4.74 Å². The fourth-order valence-corrected chi connectivity index (χ4v) is 2.22. The van der Waals surface area contributed by atoms with Crippen molar-refractivity contribution in [1.82, 2.24) is 5.32 Å². The summed E-state index contributed by atoms with van der Waals surface area (Å²) in [6, 6.07) is 0. The summed E-state index contributed by atoms with van der Waals surface area (Å²) in [5.41, 5.74) is -1.10. The van der Waals surface area contributed by atoms with Crippen LogP contribution in [0.4, 0.5) is 0 Å². The molecule has 0 radical (unpaired) electrons. The molecule has 17 heavy (non-hydrogen) atoms. The minimum absolute atomic E-state index is 0.0535. The van der Waals surface area contributed by atoms with E-state index < -0.39 is 11.0 Å². The highest BCUT2D eigenvalue weighted by atomic mass is 16.6. The number of ketones is 1. The average Bonchev–Trinajstić information content (AvgIpc) is 2.15. The molecule has 4 nitrogen and oxygen atoms in total. The van der Waals surface area contributed by atoms with Gasteiger partial charge in [0.05, 0.1) is 5.41 Å². The molecule has 0 unspecified atom stereocenters. The van der Waals surface area contributed by atoms with Crippen LogP contribution in [0.15, 0.2) is 0 Å². The quantitative estimate of drug-likeness (QED) is 0.764. The number of hydrogen-bond donors (Lipinski definition) is 1. The van der Waals surface area contributed by atoms with Crippen LogP contribution in [0.5, 0.6) is 0 Å². The number of rotatable bonds is 3. The van der Waals surface area contributed by atoms with Gasteiger partial charge >= 0.3 is 5.97 Å². The van der Waals surface area contributed by atoms with Crippen molar-refractivity contribution in [2.75, 3.05) is 13.1 Å². The van der Waals surface area contributed by atoms with Gasteiger partial charge in [0, 0.05) is 6.42 Å². The largest absolute Gasteiger partial charge is 0.460 e. The van der Waals surface area contributed by atoms with Crippen molar-refractivity contribution in [3.63, 3.8) is 0 Å². The van der Waals surface area contributed by atoms with Gasteiger partial charge in [-0.3, -0.25) is 9.59 Å². The van der Waals surface area contributed by atoms with Crippen LogP contribution in [-0.2, 0) is 14.3 Å². The van der Waals surface area contributed by atoms with Crippen molar-refractivity contribution in [1.29, 1.82) is 0 Å². The minimum Gasteiger partial charge on any atom is -0.460 e. The van der Waals surface area contributed by atoms with Crippen molar-refractivity contribution in [3.8, 4) is 0 Å². The molecule has 0 aromatic rings. The summed E-state index contributed by atoms with van der Waals surface area (Å²) in [6.07, 6.45) is 1.66. The van der Waals surface area contributed by atoms with E-state index in [9.17, 15) is 9.59 Å². The summed E-state index contributed by atoms with van der Waals surface area (Å²) < 4.78 is 5.46. The number of nitrogens with one attached hydrogen (secondary N) is 1. The van der Waals surface area contributed by atoms with Gasteiger partial charge in [-0.05, 0) is 53.6 Å². The maximum atomic E-state index is 12.3. The minimum atomic E-state index is -0.607. The number of hydrogen-bond acceptors (Lipinski definition) is 4. The SMILES string of the molecule is CC(=O)CC1(C(=O)OC(C)(C)C)CCNCC1. The van der Waals surface area contributed by atoms with Crippen LogP contribution >= 0.6 is 0 Å². The van der Waals surface area contributed by atoms with E-state index in [1.807, 2.05) is 20.8 Å². The zero-order valence-electron chi connectivity index (χ0n) is 11.3. The zero-order valence-corrected chi connectivity index (χ0v) is 11.3. The molecule has 1 saturated heterocycles. The molecular formula is C13H23NO3. The molecule has 0 atom stereocenters. The number of piperidine rings is 1. The van der Waals surface area contributed by atoms with Crippen LogP contribution in [0.2, 0.25) is 0 Å². The third-order valence-electron chi connectivity index (χ3n) is 2.98. The summed E-state index contributed by atoms with van der Waals surface area (Å²) in [4.78, 5) is 23.6. The van der Waals surface area contributed by atoms with Crippen molar-refractivity contribution in [2.24, 2.45) is 5.41 Å². The molecule has 1 aliphatic heterocycles. The molecule has 0 saturated carbocycles. The van der Waals surface area contributed by atoms with E-state index in [2.05, 4.69) is 5.32 Å². The summed E-state index contributed by atoms with van der Waals surface area (Å²) in [6.45, 7) is 8.64. The summed E-state index contributed by atoms with van der Waals surface area (Å²) >= 11 is 0. The Labute approximate surface area is 103 Å². The molecule has 1 fully saturated rings. The van der Waals surface area contributed by atoms with Gasteiger partial charge in [-0.15, -0.1) is 0 Å². The van der Waals surface area contributed by atoms with Gasteiger partial charge < -0.3 is 10.1 Å². The first-order chi connectivity index (χ1) is 7.75. The Balaban J connectivity index is 2.81. The fraction of sp³-hybridized carbons (Fsp3) is 0.846. The van der Waals surface area contributed by atoms with Crippen LogP contribution in [0, 0.1) is 5.41 Å². The Hall–Kier alpha value is -0.900. The molecule has 0 bridgehead atoms. The highest BCUT2D eigenvalue weighted by Gasteiger charge is 2.43. The number of esters is 1. The molecule has 4 heteroatoms. The number of carbonyl (C=O) groups excluding carboxylic acids is 2. The topological polar surface area (TPSA) is 55.4 Å². The van der Waals surface area contributed by atoms with E-state index in [1.54, 1.807) is 0 Å². The highest BCUT2D eigenvalue weighted by Crippen LogP contribution is 2.35. The molecule has 0 aromatic heterocycles. The lowest BCUT2D eigenvalue weighted by molar-refractivity contribution is -0.171. The molecule has 0 amide bonds. The molecule has 0 aromatic carbocycles. The molecule has 1 N–H and O–H groups in total.